The summed E-state index contributed by atoms with van der Waals surface area (Å²) in [6.07, 6.45) is 3.36. The van der Waals surface area contributed by atoms with Gasteiger partial charge in [0.2, 0.25) is 11.8 Å². The number of urea groups is 1. The number of nitrogens with one attached hydrogen (secondary N) is 1. The molecule has 0 radical (unpaired) electrons. The zero-order valence-corrected chi connectivity index (χ0v) is 36.8. The van der Waals surface area contributed by atoms with Gasteiger partial charge in [0.05, 0.1) is 54.6 Å². The highest BCUT2D eigenvalue weighted by Crippen LogP contribution is 2.43. The number of aromatic nitrogens is 2. The Kier molecular flexibility index (Phi) is 11.8. The van der Waals surface area contributed by atoms with Crippen LogP contribution < -0.4 is 40.1 Å². The maximum absolute atomic E-state index is 15.4. The van der Waals surface area contributed by atoms with Gasteiger partial charge in [-0.3, -0.25) is 14.9 Å². The Morgan fingerprint density at radius 1 is 0.879 bits per heavy atom. The molecule has 3 aromatic carbocycles. The molecule has 5 saturated heterocycles. The lowest BCUT2D eigenvalue weighted by Crippen LogP contribution is -2.65. The second-order valence-electron chi connectivity index (χ2n) is 18.0. The molecule has 1 aromatic heterocycles. The van der Waals surface area contributed by atoms with E-state index in [-0.39, 0.29) is 59.2 Å². The molecule has 0 aliphatic carbocycles. The molecule has 3 atom stereocenters. The fourth-order valence-electron chi connectivity index (χ4n) is 10.6. The molecule has 66 heavy (non-hydrogen) atoms. The number of likely N-dealkylation sites (tertiary alicyclic amines) is 1. The molecule has 0 saturated carbocycles. The SMILES string of the molecule is CN(C(=O)N1CCC(Oc2cc(F)cc(N3[C@@H]4COC[C@H]3CN(c3cc(-c5cccc(F)c5O)nnc3N)C4)c2)CC1)C1CCN(c2cccc3c2OCCN3[C@H]2CCC(=O)NC2=O)CC1. The van der Waals surface area contributed by atoms with E-state index in [4.69, 9.17) is 19.9 Å². The van der Waals surface area contributed by atoms with Crippen LogP contribution in [-0.2, 0) is 14.3 Å². The van der Waals surface area contributed by atoms with Crippen LogP contribution in [0.4, 0.5) is 42.1 Å². The van der Waals surface area contributed by atoms with E-state index in [0.717, 1.165) is 43.1 Å². The van der Waals surface area contributed by atoms with E-state index >= 15 is 4.39 Å². The van der Waals surface area contributed by atoms with Crippen molar-refractivity contribution in [3.63, 3.8) is 0 Å². The van der Waals surface area contributed by atoms with Crippen molar-refractivity contribution in [2.24, 2.45) is 0 Å². The lowest BCUT2D eigenvalue weighted by Gasteiger charge is -2.51. The molecule has 2 bridgehead atoms. The Hall–Kier alpha value is -6.63. The number of phenolic OH excluding ortho intramolecular Hbond substituents is 1. The predicted octanol–water partition coefficient (Wildman–Crippen LogP) is 4.37. The Labute approximate surface area is 380 Å². The second kappa shape index (κ2) is 18.0. The van der Waals surface area contributed by atoms with Crippen LogP contribution in [-0.4, -0.2) is 146 Å². The van der Waals surface area contributed by atoms with Gasteiger partial charge in [0.25, 0.3) is 0 Å². The average molecular weight is 909 g/mol. The first-order valence-electron chi connectivity index (χ1n) is 22.8. The number of benzene rings is 3. The minimum absolute atomic E-state index is 0.0132. The predicted molar refractivity (Wildman–Crippen MR) is 242 cm³/mol. The molecule has 348 valence electrons. The number of para-hydroxylation sites is 2. The second-order valence-corrected chi connectivity index (χ2v) is 18.0. The van der Waals surface area contributed by atoms with Gasteiger partial charge < -0.3 is 54.5 Å². The quantitative estimate of drug-likeness (QED) is 0.212. The molecule has 10 rings (SSSR count). The van der Waals surface area contributed by atoms with Crippen molar-refractivity contribution in [1.29, 1.82) is 0 Å². The minimum atomic E-state index is -0.761. The molecule has 0 unspecified atom stereocenters. The normalized spacial score (nSPS) is 22.7. The number of ether oxygens (including phenoxy) is 3. The molecule has 7 heterocycles. The lowest BCUT2D eigenvalue weighted by molar-refractivity contribution is -0.134. The number of morpholine rings is 1. The summed E-state index contributed by atoms with van der Waals surface area (Å²) in [6.45, 7) is 5.25. The highest BCUT2D eigenvalue weighted by Gasteiger charge is 2.41. The third-order valence-corrected chi connectivity index (χ3v) is 13.9. The number of piperazine rings is 1. The van der Waals surface area contributed by atoms with E-state index in [1.165, 1.54) is 24.3 Å². The number of nitrogen functional groups attached to an aromatic ring is 1. The van der Waals surface area contributed by atoms with Crippen molar-refractivity contribution in [2.75, 3.05) is 98.0 Å². The molecule has 5 fully saturated rings. The number of carbonyl (C=O) groups excluding carboxylic acids is 3. The summed E-state index contributed by atoms with van der Waals surface area (Å²) in [5, 5.41) is 21.1. The lowest BCUT2D eigenvalue weighted by atomic mass is 10.0. The summed E-state index contributed by atoms with van der Waals surface area (Å²) in [5.41, 5.74) is 9.92. The van der Waals surface area contributed by atoms with Gasteiger partial charge in [0.1, 0.15) is 30.3 Å². The number of phenols is 1. The van der Waals surface area contributed by atoms with Crippen LogP contribution in [0.25, 0.3) is 11.3 Å². The molecule has 19 heteroatoms. The third-order valence-electron chi connectivity index (χ3n) is 13.9. The van der Waals surface area contributed by atoms with E-state index in [0.29, 0.717) is 95.4 Å². The molecule has 4 N–H and O–H groups in total. The monoisotopic (exact) mass is 908 g/mol. The molecular formula is C47H54F2N10O7. The summed E-state index contributed by atoms with van der Waals surface area (Å²) in [5.74, 6) is -0.822. The zero-order chi connectivity index (χ0) is 45.6. The molecule has 17 nitrogen and oxygen atoms in total. The first-order valence-corrected chi connectivity index (χ1v) is 22.8. The van der Waals surface area contributed by atoms with Crippen molar-refractivity contribution in [3.05, 3.63) is 72.3 Å². The summed E-state index contributed by atoms with van der Waals surface area (Å²) in [7, 11) is 1.88. The van der Waals surface area contributed by atoms with Crippen molar-refractivity contribution in [1.82, 2.24) is 25.3 Å². The smallest absolute Gasteiger partial charge is 0.319 e. The van der Waals surface area contributed by atoms with Gasteiger partial charge in [-0.1, -0.05) is 12.1 Å². The Balaban J connectivity index is 0.735. The van der Waals surface area contributed by atoms with Crippen molar-refractivity contribution in [2.45, 2.75) is 68.8 Å². The average Bonchev–Trinajstić information content (AvgIpc) is 3.31. The Bertz CT molecular complexity index is 2490. The number of nitrogens with zero attached hydrogens (tertiary/aromatic N) is 8. The number of rotatable bonds is 8. The van der Waals surface area contributed by atoms with Gasteiger partial charge >= 0.3 is 6.03 Å². The van der Waals surface area contributed by atoms with Crippen LogP contribution >= 0.6 is 0 Å². The molecule has 6 aliphatic rings. The van der Waals surface area contributed by atoms with Gasteiger partial charge in [0, 0.05) is 95.0 Å². The number of anilines is 5. The number of hydrogen-bond acceptors (Lipinski definition) is 14. The number of carbonyl (C=O) groups is 3. The van der Waals surface area contributed by atoms with Crippen LogP contribution in [0.2, 0.25) is 0 Å². The van der Waals surface area contributed by atoms with Gasteiger partial charge in [-0.15, -0.1) is 10.2 Å². The fraction of sp³-hybridized carbons (Fsp3) is 0.468. The van der Waals surface area contributed by atoms with Crippen LogP contribution in [0.5, 0.6) is 17.2 Å². The number of halogens is 2. The van der Waals surface area contributed by atoms with E-state index in [1.807, 2.05) is 41.1 Å². The molecule has 4 aromatic rings. The fourth-order valence-corrected chi connectivity index (χ4v) is 10.6. The molecule has 0 spiro atoms. The number of fused-ring (bicyclic) bond motifs is 3. The van der Waals surface area contributed by atoms with Gasteiger partial charge in [-0.25, -0.2) is 13.6 Å². The van der Waals surface area contributed by atoms with Crippen LogP contribution in [0.1, 0.15) is 38.5 Å². The van der Waals surface area contributed by atoms with Gasteiger partial charge in [-0.05, 0) is 55.7 Å². The number of imide groups is 1. The standard InChI is InChI=1S/C47H54F2N10O7/c1-54(29-10-14-55(15-11-29)38-6-3-7-39-44(38)65-19-18-58(39)40-8-9-42(60)51-46(40)62)47(63)56-16-12-33(13-17-56)66-34-21-28(48)20-30(22-34)59-31-24-57(25-32(59)27-64-26-31)41-23-37(52-53-45(41)50)35-4-2-5-36(49)43(35)61/h2-7,20-23,29,31-33,40,61H,8-19,24-27H2,1H3,(H2,50,53)(H,51,60,62)/t31-,32+,40-/m0/s1. The van der Waals surface area contributed by atoms with Crippen molar-refractivity contribution < 1.29 is 42.5 Å². The van der Waals surface area contributed by atoms with Crippen LogP contribution in [0, 0.1) is 11.6 Å². The summed E-state index contributed by atoms with van der Waals surface area (Å²) in [6, 6.07) is 16.0. The largest absolute Gasteiger partial charge is 0.504 e. The number of hydrogen-bond donors (Lipinski definition) is 3. The van der Waals surface area contributed by atoms with E-state index in [2.05, 4.69) is 35.1 Å². The van der Waals surface area contributed by atoms with E-state index < -0.39 is 23.4 Å². The number of nitrogens with two attached hydrogens (primary N) is 1. The number of aromatic hydroxyl groups is 1. The minimum Gasteiger partial charge on any atom is -0.504 e. The Morgan fingerprint density at radius 3 is 2.38 bits per heavy atom. The highest BCUT2D eigenvalue weighted by molar-refractivity contribution is 6.02. The first-order chi connectivity index (χ1) is 32.0. The van der Waals surface area contributed by atoms with Crippen molar-refractivity contribution in [3.8, 4) is 28.5 Å². The highest BCUT2D eigenvalue weighted by atomic mass is 19.1. The van der Waals surface area contributed by atoms with Crippen LogP contribution in [0.15, 0.2) is 60.7 Å². The van der Waals surface area contributed by atoms with E-state index in [1.54, 1.807) is 12.1 Å². The first kappa shape index (κ1) is 43.3. The Morgan fingerprint density at radius 2 is 1.62 bits per heavy atom. The zero-order valence-electron chi connectivity index (χ0n) is 36.8. The topological polar surface area (TPSA) is 182 Å². The van der Waals surface area contributed by atoms with Gasteiger partial charge in [-0.2, -0.15) is 0 Å². The molecule has 6 aliphatic heterocycles. The van der Waals surface area contributed by atoms with Crippen LogP contribution in [0.3, 0.4) is 0 Å². The number of amides is 4. The summed E-state index contributed by atoms with van der Waals surface area (Å²) in [4.78, 5) is 50.8. The maximum Gasteiger partial charge on any atom is 0.319 e. The van der Waals surface area contributed by atoms with E-state index in [9.17, 15) is 23.9 Å². The summed E-state index contributed by atoms with van der Waals surface area (Å²) >= 11 is 0. The van der Waals surface area contributed by atoms with Crippen molar-refractivity contribution >= 4 is 46.4 Å². The molecular weight excluding hydrogens is 855 g/mol. The third kappa shape index (κ3) is 8.39. The maximum atomic E-state index is 15.4. The van der Waals surface area contributed by atoms with Gasteiger partial charge in [0.15, 0.2) is 23.1 Å². The number of piperidine rings is 3. The molecule has 4 amide bonds. The summed E-state index contributed by atoms with van der Waals surface area (Å²) < 4.78 is 48.2.